The quantitative estimate of drug-likeness (QED) is 0.406. The topological polar surface area (TPSA) is 134 Å². The second-order valence-corrected chi connectivity index (χ2v) is 11.2. The molecule has 3 aliphatic carbocycles. The van der Waals surface area contributed by atoms with E-state index in [1.54, 1.807) is 6.07 Å². The third-order valence-corrected chi connectivity index (χ3v) is 8.65. The minimum absolute atomic E-state index is 0.0883. The lowest BCUT2D eigenvalue weighted by atomic mass is 9.95. The number of hydrogen-bond acceptors (Lipinski definition) is 7. The molecule has 0 aromatic carbocycles. The number of hydrogen-bond donors (Lipinski definition) is 4. The molecule has 2 atom stereocenters. The van der Waals surface area contributed by atoms with Crippen molar-refractivity contribution < 1.29 is 22.8 Å². The van der Waals surface area contributed by atoms with Crippen LogP contribution in [0.1, 0.15) is 80.0 Å². The number of aliphatic hydroxyl groups is 1. The Bertz CT molecular complexity index is 903. The first kappa shape index (κ1) is 23.4. The molecule has 0 spiro atoms. The van der Waals surface area contributed by atoms with Crippen LogP contribution in [-0.4, -0.2) is 61.1 Å². The van der Waals surface area contributed by atoms with Gasteiger partial charge in [-0.25, -0.2) is 13.1 Å². The standard InChI is InChI=1S/C22H34N4O5S/c27-12-11-23-16-7-9-19(10-8-16)32(29,30)26-18-4-2-1-3-17(13-18)24-22(28)20-14-21(31-25-20)15-5-6-15/h1-2,14-19,23,26-27H,3-13H2,(H,24,28)/t16-,17-,18-,19+/m0/s1. The fourth-order valence-electron chi connectivity index (χ4n) is 4.66. The van der Waals surface area contributed by atoms with Gasteiger partial charge < -0.3 is 20.3 Å². The summed E-state index contributed by atoms with van der Waals surface area (Å²) in [5.74, 6) is 0.878. The van der Waals surface area contributed by atoms with Gasteiger partial charge in [0.05, 0.1) is 11.9 Å². The van der Waals surface area contributed by atoms with Crippen molar-refractivity contribution in [3.63, 3.8) is 0 Å². The molecule has 4 rings (SSSR count). The summed E-state index contributed by atoms with van der Waals surface area (Å²) in [5, 5.41) is 18.7. The Balaban J connectivity index is 1.29. The molecule has 0 bridgehead atoms. The van der Waals surface area contributed by atoms with E-state index in [4.69, 9.17) is 9.63 Å². The molecule has 0 aliphatic heterocycles. The highest BCUT2D eigenvalue weighted by atomic mass is 32.2. The van der Waals surface area contributed by atoms with Gasteiger partial charge in [-0.2, -0.15) is 0 Å². The van der Waals surface area contributed by atoms with E-state index in [1.807, 2.05) is 12.2 Å². The monoisotopic (exact) mass is 466 g/mol. The fraction of sp³-hybridized carbons (Fsp3) is 0.727. The Morgan fingerprint density at radius 1 is 1.06 bits per heavy atom. The van der Waals surface area contributed by atoms with Gasteiger partial charge in [0.15, 0.2) is 5.69 Å². The number of nitrogens with one attached hydrogen (secondary N) is 3. The van der Waals surface area contributed by atoms with Gasteiger partial charge in [-0.15, -0.1) is 0 Å². The van der Waals surface area contributed by atoms with E-state index in [2.05, 4.69) is 20.5 Å². The van der Waals surface area contributed by atoms with Crippen molar-refractivity contribution in [3.05, 3.63) is 29.7 Å². The van der Waals surface area contributed by atoms with Crippen molar-refractivity contribution >= 4 is 15.9 Å². The van der Waals surface area contributed by atoms with Crippen molar-refractivity contribution in [1.29, 1.82) is 0 Å². The molecule has 32 heavy (non-hydrogen) atoms. The number of amides is 1. The van der Waals surface area contributed by atoms with Crippen LogP contribution in [-0.2, 0) is 10.0 Å². The molecule has 1 heterocycles. The van der Waals surface area contributed by atoms with Crippen LogP contribution in [0.2, 0.25) is 0 Å². The molecular weight excluding hydrogens is 432 g/mol. The minimum Gasteiger partial charge on any atom is -0.395 e. The Kier molecular flexibility index (Phi) is 7.65. The first-order valence-electron chi connectivity index (χ1n) is 11.7. The second-order valence-electron chi connectivity index (χ2n) is 9.25. The zero-order valence-electron chi connectivity index (χ0n) is 18.3. The summed E-state index contributed by atoms with van der Waals surface area (Å²) < 4.78 is 34.2. The van der Waals surface area contributed by atoms with Crippen molar-refractivity contribution in [1.82, 2.24) is 20.5 Å². The molecule has 10 heteroatoms. The van der Waals surface area contributed by atoms with Gasteiger partial charge >= 0.3 is 0 Å². The first-order chi connectivity index (χ1) is 15.4. The van der Waals surface area contributed by atoms with Crippen molar-refractivity contribution in [3.8, 4) is 0 Å². The van der Waals surface area contributed by atoms with Gasteiger partial charge in [0.25, 0.3) is 5.91 Å². The minimum atomic E-state index is -3.45. The number of rotatable bonds is 9. The predicted molar refractivity (Wildman–Crippen MR) is 120 cm³/mol. The molecule has 4 N–H and O–H groups in total. The number of aliphatic hydroxyl groups excluding tert-OH is 1. The maximum absolute atomic E-state index is 13.0. The first-order valence-corrected chi connectivity index (χ1v) is 13.3. The normalized spacial score (nSPS) is 28.9. The molecule has 1 aromatic heterocycles. The third kappa shape index (κ3) is 6.18. The average Bonchev–Trinajstić information content (AvgIpc) is 3.55. The highest BCUT2D eigenvalue weighted by molar-refractivity contribution is 7.90. The molecule has 1 aromatic rings. The average molecular weight is 467 g/mol. The van der Waals surface area contributed by atoms with Crippen LogP contribution in [0, 0.1) is 0 Å². The van der Waals surface area contributed by atoms with E-state index in [1.165, 1.54) is 0 Å². The zero-order valence-corrected chi connectivity index (χ0v) is 19.1. The molecule has 2 saturated carbocycles. The van der Waals surface area contributed by atoms with Crippen molar-refractivity contribution in [2.24, 2.45) is 0 Å². The van der Waals surface area contributed by atoms with Gasteiger partial charge in [0.1, 0.15) is 5.76 Å². The Hall–Kier alpha value is -1.75. The lowest BCUT2D eigenvalue weighted by Crippen LogP contribution is -2.47. The van der Waals surface area contributed by atoms with Crippen LogP contribution < -0.4 is 15.4 Å². The number of aromatic nitrogens is 1. The number of carbonyl (C=O) groups excluding carboxylic acids is 1. The highest BCUT2D eigenvalue weighted by Crippen LogP contribution is 2.40. The van der Waals surface area contributed by atoms with Crippen LogP contribution in [0.5, 0.6) is 0 Å². The van der Waals surface area contributed by atoms with E-state index in [0.29, 0.717) is 44.6 Å². The highest BCUT2D eigenvalue weighted by Gasteiger charge is 2.33. The van der Waals surface area contributed by atoms with Crippen molar-refractivity contribution in [2.45, 2.75) is 87.1 Å². The van der Waals surface area contributed by atoms with E-state index in [0.717, 1.165) is 31.4 Å². The summed E-state index contributed by atoms with van der Waals surface area (Å²) in [6.07, 6.45) is 10.7. The third-order valence-electron chi connectivity index (χ3n) is 6.64. The molecular formula is C22H34N4O5S. The van der Waals surface area contributed by atoms with Crippen LogP contribution >= 0.6 is 0 Å². The van der Waals surface area contributed by atoms with Gasteiger partial charge in [0, 0.05) is 36.7 Å². The maximum atomic E-state index is 13.0. The summed E-state index contributed by atoms with van der Waals surface area (Å²) in [5.41, 5.74) is 0.281. The van der Waals surface area contributed by atoms with Crippen LogP contribution in [0.4, 0.5) is 0 Å². The fourth-order valence-corrected chi connectivity index (χ4v) is 6.40. The van der Waals surface area contributed by atoms with Crippen LogP contribution in [0.3, 0.4) is 0 Å². The lowest BCUT2D eigenvalue weighted by Gasteiger charge is -2.30. The molecule has 1 amide bonds. The Morgan fingerprint density at radius 3 is 2.47 bits per heavy atom. The van der Waals surface area contributed by atoms with Crippen LogP contribution in [0.15, 0.2) is 22.7 Å². The molecule has 0 radical (unpaired) electrons. The number of sulfonamides is 1. The van der Waals surface area contributed by atoms with Crippen molar-refractivity contribution in [2.75, 3.05) is 13.2 Å². The maximum Gasteiger partial charge on any atom is 0.273 e. The summed E-state index contributed by atoms with van der Waals surface area (Å²) in [7, 11) is -3.45. The van der Waals surface area contributed by atoms with E-state index < -0.39 is 15.3 Å². The number of carbonyl (C=O) groups is 1. The second kappa shape index (κ2) is 10.5. The Labute approximate surface area is 189 Å². The van der Waals surface area contributed by atoms with Gasteiger partial charge in [-0.05, 0) is 57.8 Å². The van der Waals surface area contributed by atoms with Gasteiger partial charge in [-0.3, -0.25) is 4.79 Å². The number of nitrogens with zero attached hydrogens (tertiary/aromatic N) is 1. The summed E-state index contributed by atoms with van der Waals surface area (Å²) in [6, 6.07) is 1.55. The van der Waals surface area contributed by atoms with Gasteiger partial charge in [-0.1, -0.05) is 17.3 Å². The Morgan fingerprint density at radius 2 is 1.78 bits per heavy atom. The molecule has 178 valence electrons. The molecule has 9 nitrogen and oxygen atoms in total. The van der Waals surface area contributed by atoms with E-state index in [9.17, 15) is 13.2 Å². The molecule has 3 aliphatic rings. The largest absolute Gasteiger partial charge is 0.395 e. The summed E-state index contributed by atoms with van der Waals surface area (Å²) in [6.45, 7) is 0.628. The van der Waals surface area contributed by atoms with Crippen LogP contribution in [0.25, 0.3) is 0 Å². The molecule has 0 unspecified atom stereocenters. The smallest absolute Gasteiger partial charge is 0.273 e. The molecule has 0 saturated heterocycles. The zero-order chi connectivity index (χ0) is 22.6. The predicted octanol–water partition coefficient (Wildman–Crippen LogP) is 1.57. The summed E-state index contributed by atoms with van der Waals surface area (Å²) >= 11 is 0. The van der Waals surface area contributed by atoms with Gasteiger partial charge in [0.2, 0.25) is 10.0 Å². The molecule has 2 fully saturated rings. The lowest BCUT2D eigenvalue weighted by molar-refractivity contribution is 0.0925. The SMILES string of the molecule is O=C(N[C@H]1CC=CC[C@H](NS(=O)(=O)[C@H]2CC[C@@H](NCCO)CC2)C1)c1cc(C2CC2)on1. The van der Waals surface area contributed by atoms with E-state index >= 15 is 0 Å². The summed E-state index contributed by atoms with van der Waals surface area (Å²) in [4.78, 5) is 12.6. The van der Waals surface area contributed by atoms with E-state index in [-0.39, 0.29) is 36.3 Å².